The fourth-order valence-corrected chi connectivity index (χ4v) is 2.75. The second kappa shape index (κ2) is 5.48. The molecule has 0 aliphatic carbocycles. The van der Waals surface area contributed by atoms with E-state index in [0.717, 1.165) is 0 Å². The minimum absolute atomic E-state index is 0.635. The number of rotatable bonds is 4. The zero-order valence-corrected chi connectivity index (χ0v) is 11.3. The van der Waals surface area contributed by atoms with Crippen molar-refractivity contribution in [1.29, 1.82) is 0 Å². The Morgan fingerprint density at radius 3 is 2.35 bits per heavy atom. The maximum Gasteiger partial charge on any atom is 0.0346 e. The SMILES string of the molecule is CCC(C)c1ccc(-c2ccc(CN)s2)cc1. The molecule has 2 rings (SSSR count). The summed E-state index contributed by atoms with van der Waals surface area (Å²) in [7, 11) is 0. The fourth-order valence-electron chi connectivity index (χ4n) is 1.85. The molecule has 0 bridgehead atoms. The molecule has 2 N–H and O–H groups in total. The maximum atomic E-state index is 5.63. The van der Waals surface area contributed by atoms with Gasteiger partial charge in [-0.3, -0.25) is 0 Å². The predicted molar refractivity (Wildman–Crippen MR) is 76.4 cm³/mol. The Kier molecular flexibility index (Phi) is 3.97. The van der Waals surface area contributed by atoms with E-state index < -0.39 is 0 Å². The van der Waals surface area contributed by atoms with Crippen molar-refractivity contribution in [3.8, 4) is 10.4 Å². The van der Waals surface area contributed by atoms with E-state index in [1.807, 2.05) is 0 Å². The zero-order chi connectivity index (χ0) is 12.3. The number of benzene rings is 1. The summed E-state index contributed by atoms with van der Waals surface area (Å²) in [5, 5.41) is 0. The first-order valence-corrected chi connectivity index (χ1v) is 6.95. The fraction of sp³-hybridized carbons (Fsp3) is 0.333. The average molecular weight is 245 g/mol. The largest absolute Gasteiger partial charge is 0.326 e. The van der Waals surface area contributed by atoms with Crippen molar-refractivity contribution in [3.63, 3.8) is 0 Å². The monoisotopic (exact) mass is 245 g/mol. The molecule has 0 aliphatic rings. The van der Waals surface area contributed by atoms with Gasteiger partial charge in [0.15, 0.2) is 0 Å². The first kappa shape index (κ1) is 12.3. The molecule has 1 aromatic heterocycles. The van der Waals surface area contributed by atoms with Crippen LogP contribution in [-0.4, -0.2) is 0 Å². The highest BCUT2D eigenvalue weighted by molar-refractivity contribution is 7.15. The lowest BCUT2D eigenvalue weighted by atomic mass is 9.97. The summed E-state index contributed by atoms with van der Waals surface area (Å²) in [4.78, 5) is 2.55. The third-order valence-electron chi connectivity index (χ3n) is 3.24. The molecule has 2 aromatic rings. The topological polar surface area (TPSA) is 26.0 Å². The minimum Gasteiger partial charge on any atom is -0.326 e. The second-order valence-corrected chi connectivity index (χ2v) is 5.57. The van der Waals surface area contributed by atoms with Crippen LogP contribution >= 0.6 is 11.3 Å². The van der Waals surface area contributed by atoms with Gasteiger partial charge in [0.25, 0.3) is 0 Å². The molecule has 17 heavy (non-hydrogen) atoms. The Balaban J connectivity index is 2.22. The molecule has 1 unspecified atom stereocenters. The number of nitrogens with two attached hydrogens (primary N) is 1. The van der Waals surface area contributed by atoms with Gasteiger partial charge in [-0.2, -0.15) is 0 Å². The van der Waals surface area contributed by atoms with Crippen molar-refractivity contribution in [2.24, 2.45) is 5.73 Å². The Labute approximate surface area is 107 Å². The van der Waals surface area contributed by atoms with Gasteiger partial charge in [0, 0.05) is 16.3 Å². The van der Waals surface area contributed by atoms with Crippen LogP contribution in [0.5, 0.6) is 0 Å². The lowest BCUT2D eigenvalue weighted by Gasteiger charge is -2.09. The lowest BCUT2D eigenvalue weighted by Crippen LogP contribution is -1.91. The Bertz CT molecular complexity index is 470. The summed E-state index contributed by atoms with van der Waals surface area (Å²) < 4.78 is 0. The van der Waals surface area contributed by atoms with E-state index >= 15 is 0 Å². The van der Waals surface area contributed by atoms with Crippen LogP contribution in [0.3, 0.4) is 0 Å². The van der Waals surface area contributed by atoms with Gasteiger partial charge in [0.1, 0.15) is 0 Å². The number of hydrogen-bond acceptors (Lipinski definition) is 2. The number of hydrogen-bond donors (Lipinski definition) is 1. The molecule has 1 heterocycles. The number of thiophene rings is 1. The molecule has 0 saturated carbocycles. The molecule has 0 saturated heterocycles. The summed E-state index contributed by atoms with van der Waals surface area (Å²) in [6, 6.07) is 13.2. The molecule has 1 atom stereocenters. The van der Waals surface area contributed by atoms with Gasteiger partial charge in [-0.15, -0.1) is 11.3 Å². The van der Waals surface area contributed by atoms with Gasteiger partial charge in [-0.05, 0) is 35.6 Å². The third-order valence-corrected chi connectivity index (χ3v) is 4.40. The molecule has 1 aromatic carbocycles. The first-order chi connectivity index (χ1) is 8.24. The van der Waals surface area contributed by atoms with Crippen molar-refractivity contribution in [3.05, 3.63) is 46.8 Å². The molecule has 90 valence electrons. The first-order valence-electron chi connectivity index (χ1n) is 6.13. The van der Waals surface area contributed by atoms with Crippen molar-refractivity contribution in [2.75, 3.05) is 0 Å². The van der Waals surface area contributed by atoms with E-state index in [4.69, 9.17) is 5.73 Å². The normalized spacial score (nSPS) is 12.6. The van der Waals surface area contributed by atoms with Crippen LogP contribution in [0.15, 0.2) is 36.4 Å². The van der Waals surface area contributed by atoms with Crippen LogP contribution in [-0.2, 0) is 6.54 Å². The molecular formula is C15H19NS. The van der Waals surface area contributed by atoms with E-state index in [1.54, 1.807) is 11.3 Å². The van der Waals surface area contributed by atoms with Crippen molar-refractivity contribution in [1.82, 2.24) is 0 Å². The van der Waals surface area contributed by atoms with Crippen LogP contribution in [0.1, 0.15) is 36.6 Å². The van der Waals surface area contributed by atoms with Crippen molar-refractivity contribution >= 4 is 11.3 Å². The van der Waals surface area contributed by atoms with E-state index in [9.17, 15) is 0 Å². The summed E-state index contributed by atoms with van der Waals surface area (Å²) in [5.41, 5.74) is 8.35. The average Bonchev–Trinajstić information content (AvgIpc) is 2.87. The lowest BCUT2D eigenvalue weighted by molar-refractivity contribution is 0.734. The summed E-state index contributed by atoms with van der Waals surface area (Å²) in [5.74, 6) is 0.645. The second-order valence-electron chi connectivity index (χ2n) is 4.40. The van der Waals surface area contributed by atoms with E-state index in [-0.39, 0.29) is 0 Å². The molecule has 2 heteroatoms. The van der Waals surface area contributed by atoms with Crippen LogP contribution < -0.4 is 5.73 Å². The predicted octanol–water partition coefficient (Wildman–Crippen LogP) is 4.39. The highest BCUT2D eigenvalue weighted by atomic mass is 32.1. The Morgan fingerprint density at radius 1 is 1.12 bits per heavy atom. The van der Waals surface area contributed by atoms with Crippen LogP contribution in [0.25, 0.3) is 10.4 Å². The van der Waals surface area contributed by atoms with Gasteiger partial charge in [-0.25, -0.2) is 0 Å². The van der Waals surface area contributed by atoms with E-state index in [2.05, 4.69) is 50.2 Å². The van der Waals surface area contributed by atoms with Gasteiger partial charge >= 0.3 is 0 Å². The zero-order valence-electron chi connectivity index (χ0n) is 10.4. The Morgan fingerprint density at radius 2 is 1.82 bits per heavy atom. The van der Waals surface area contributed by atoms with Crippen molar-refractivity contribution < 1.29 is 0 Å². The standard InChI is InChI=1S/C15H19NS/c1-3-11(2)12-4-6-13(7-5-12)15-9-8-14(10-16)17-15/h4-9,11H,3,10,16H2,1-2H3. The van der Waals surface area contributed by atoms with Crippen LogP contribution in [0.2, 0.25) is 0 Å². The summed E-state index contributed by atoms with van der Waals surface area (Å²) >= 11 is 1.78. The van der Waals surface area contributed by atoms with Gasteiger partial charge in [0.2, 0.25) is 0 Å². The van der Waals surface area contributed by atoms with Crippen molar-refractivity contribution in [2.45, 2.75) is 32.7 Å². The molecular weight excluding hydrogens is 226 g/mol. The quantitative estimate of drug-likeness (QED) is 0.849. The summed E-state index contributed by atoms with van der Waals surface area (Å²) in [6.45, 7) is 5.13. The van der Waals surface area contributed by atoms with Gasteiger partial charge in [-0.1, -0.05) is 38.1 Å². The van der Waals surface area contributed by atoms with Crippen LogP contribution in [0, 0.1) is 0 Å². The highest BCUT2D eigenvalue weighted by Crippen LogP contribution is 2.29. The highest BCUT2D eigenvalue weighted by Gasteiger charge is 2.05. The maximum absolute atomic E-state index is 5.63. The molecule has 0 amide bonds. The Hall–Kier alpha value is -1.12. The molecule has 1 nitrogen and oxygen atoms in total. The molecule has 0 radical (unpaired) electrons. The van der Waals surface area contributed by atoms with E-state index in [0.29, 0.717) is 12.5 Å². The molecule has 0 aliphatic heterocycles. The van der Waals surface area contributed by atoms with Gasteiger partial charge < -0.3 is 5.73 Å². The minimum atomic E-state index is 0.635. The van der Waals surface area contributed by atoms with E-state index in [1.165, 1.54) is 27.3 Å². The van der Waals surface area contributed by atoms with Crippen LogP contribution in [0.4, 0.5) is 0 Å². The molecule has 0 spiro atoms. The third kappa shape index (κ3) is 2.76. The van der Waals surface area contributed by atoms with Gasteiger partial charge in [0.05, 0.1) is 0 Å². The summed E-state index contributed by atoms with van der Waals surface area (Å²) in [6.07, 6.45) is 1.19. The molecule has 0 fully saturated rings. The smallest absolute Gasteiger partial charge is 0.0346 e.